The lowest BCUT2D eigenvalue weighted by atomic mass is 10.2. The monoisotopic (exact) mass is 340 g/mol. The van der Waals surface area contributed by atoms with Gasteiger partial charge in [-0.15, -0.1) is 0 Å². The first-order valence-electron chi connectivity index (χ1n) is 7.46. The van der Waals surface area contributed by atoms with E-state index in [1.54, 1.807) is 10.7 Å². The fourth-order valence-corrected chi connectivity index (χ4v) is 3.25. The summed E-state index contributed by atoms with van der Waals surface area (Å²) in [6.45, 7) is 6.16. The first kappa shape index (κ1) is 17.4. The van der Waals surface area contributed by atoms with Gasteiger partial charge in [0.2, 0.25) is 10.0 Å². The molecule has 0 atom stereocenters. The number of aromatic nitrogens is 3. The Balaban J connectivity index is 2.41. The van der Waals surface area contributed by atoms with Gasteiger partial charge in [-0.05, 0) is 25.0 Å². The zero-order valence-corrected chi connectivity index (χ0v) is 14.3. The largest absolute Gasteiger partial charge is 0.260 e. The van der Waals surface area contributed by atoms with Crippen LogP contribution in [0.5, 0.6) is 0 Å². The molecule has 8 heteroatoms. The van der Waals surface area contributed by atoms with Gasteiger partial charge in [-0.25, -0.2) is 22.5 Å². The van der Waals surface area contributed by atoms with Crippen molar-refractivity contribution in [1.82, 2.24) is 14.8 Å². The zero-order chi connectivity index (χ0) is 17.0. The lowest BCUT2D eigenvalue weighted by molar-refractivity contribution is 0.465. The molecule has 0 amide bonds. The van der Waals surface area contributed by atoms with Gasteiger partial charge in [-0.1, -0.05) is 26.0 Å². The molecule has 0 unspecified atom stereocenters. The summed E-state index contributed by atoms with van der Waals surface area (Å²) < 4.78 is 41.6. The predicted molar refractivity (Wildman–Crippen MR) is 86.9 cm³/mol. The van der Waals surface area contributed by atoms with E-state index in [1.807, 2.05) is 13.8 Å². The summed E-state index contributed by atoms with van der Waals surface area (Å²) in [6.07, 6.45) is 1.38. The highest BCUT2D eigenvalue weighted by Crippen LogP contribution is 2.24. The summed E-state index contributed by atoms with van der Waals surface area (Å²) >= 11 is 0. The number of nitrogens with zero attached hydrogens (tertiary/aromatic N) is 4. The second-order valence-electron chi connectivity index (χ2n) is 5.61. The Morgan fingerprint density at radius 3 is 2.61 bits per heavy atom. The van der Waals surface area contributed by atoms with Gasteiger partial charge in [0.05, 0.1) is 18.0 Å². The highest BCUT2D eigenvalue weighted by atomic mass is 32.2. The third kappa shape index (κ3) is 4.07. The second kappa shape index (κ2) is 7.08. The first-order chi connectivity index (χ1) is 10.8. The van der Waals surface area contributed by atoms with Gasteiger partial charge in [-0.3, -0.25) is 4.31 Å². The van der Waals surface area contributed by atoms with E-state index in [2.05, 4.69) is 10.1 Å². The molecular weight excluding hydrogens is 319 g/mol. The molecule has 0 saturated carbocycles. The molecule has 23 heavy (non-hydrogen) atoms. The fraction of sp³-hybridized carbons (Fsp3) is 0.467. The van der Waals surface area contributed by atoms with Crippen LogP contribution in [0.4, 0.5) is 10.1 Å². The number of benzene rings is 1. The van der Waals surface area contributed by atoms with Crippen molar-refractivity contribution in [3.63, 3.8) is 0 Å². The minimum atomic E-state index is -3.64. The molecule has 1 aromatic heterocycles. The van der Waals surface area contributed by atoms with E-state index < -0.39 is 15.8 Å². The Labute approximate surface area is 136 Å². The van der Waals surface area contributed by atoms with E-state index in [-0.39, 0.29) is 18.0 Å². The number of hydrogen-bond acceptors (Lipinski definition) is 4. The van der Waals surface area contributed by atoms with Gasteiger partial charge >= 0.3 is 0 Å². The topological polar surface area (TPSA) is 68.1 Å². The molecular formula is C15H21FN4O2S. The average Bonchev–Trinajstić information content (AvgIpc) is 2.92. The van der Waals surface area contributed by atoms with E-state index in [4.69, 9.17) is 0 Å². The molecule has 2 rings (SSSR count). The summed E-state index contributed by atoms with van der Waals surface area (Å²) in [5.74, 6) is 0.109. The second-order valence-corrected chi connectivity index (χ2v) is 7.79. The summed E-state index contributed by atoms with van der Waals surface area (Å²) in [4.78, 5) is 4.14. The molecule has 6 nitrogen and oxygen atoms in total. The molecule has 0 spiro atoms. The Morgan fingerprint density at radius 1 is 1.30 bits per heavy atom. The number of para-hydroxylation sites is 1. The Bertz CT molecular complexity index is 758. The third-order valence-electron chi connectivity index (χ3n) is 3.34. The SMILES string of the molecule is CCS(=O)(=O)N(Cc1ncnn1CC(C)C)c1ccccc1F. The number of rotatable bonds is 7. The summed E-state index contributed by atoms with van der Waals surface area (Å²) in [5, 5.41) is 4.12. The van der Waals surface area contributed by atoms with Crippen LogP contribution in [-0.4, -0.2) is 28.9 Å². The first-order valence-corrected chi connectivity index (χ1v) is 9.07. The molecule has 1 heterocycles. The average molecular weight is 340 g/mol. The van der Waals surface area contributed by atoms with Crippen LogP contribution in [0.1, 0.15) is 26.6 Å². The summed E-state index contributed by atoms with van der Waals surface area (Å²) in [7, 11) is -3.64. The van der Waals surface area contributed by atoms with E-state index in [9.17, 15) is 12.8 Å². The lowest BCUT2D eigenvalue weighted by Crippen LogP contribution is -2.34. The molecule has 0 radical (unpaired) electrons. The highest BCUT2D eigenvalue weighted by Gasteiger charge is 2.25. The maximum Gasteiger partial charge on any atom is 0.235 e. The minimum Gasteiger partial charge on any atom is -0.260 e. The third-order valence-corrected chi connectivity index (χ3v) is 5.07. The van der Waals surface area contributed by atoms with E-state index in [1.165, 1.54) is 31.5 Å². The van der Waals surface area contributed by atoms with Gasteiger partial charge in [0.1, 0.15) is 18.0 Å². The van der Waals surface area contributed by atoms with Crippen molar-refractivity contribution in [3.05, 3.63) is 42.2 Å². The molecule has 126 valence electrons. The van der Waals surface area contributed by atoms with Crippen LogP contribution in [0.15, 0.2) is 30.6 Å². The standard InChI is InChI=1S/C15H21FN4O2S/c1-4-23(21,22)20(14-8-6-5-7-13(14)16)10-15-17-11-18-19(15)9-12(2)3/h5-8,11-12H,4,9-10H2,1-3H3. The number of sulfonamides is 1. The van der Waals surface area contributed by atoms with Crippen LogP contribution in [0.25, 0.3) is 0 Å². The van der Waals surface area contributed by atoms with Gasteiger partial charge in [0.25, 0.3) is 0 Å². The zero-order valence-electron chi connectivity index (χ0n) is 13.5. The summed E-state index contributed by atoms with van der Waals surface area (Å²) in [6, 6.07) is 5.82. The smallest absolute Gasteiger partial charge is 0.235 e. The van der Waals surface area contributed by atoms with Crippen LogP contribution < -0.4 is 4.31 Å². The molecule has 0 saturated heterocycles. The number of anilines is 1. The van der Waals surface area contributed by atoms with Crippen LogP contribution in [0.2, 0.25) is 0 Å². The van der Waals surface area contributed by atoms with Crippen molar-refractivity contribution >= 4 is 15.7 Å². The van der Waals surface area contributed by atoms with Gasteiger partial charge < -0.3 is 0 Å². The lowest BCUT2D eigenvalue weighted by Gasteiger charge is -2.24. The predicted octanol–water partition coefficient (Wildman–Crippen LogP) is 2.43. The van der Waals surface area contributed by atoms with Crippen molar-refractivity contribution in [2.45, 2.75) is 33.9 Å². The van der Waals surface area contributed by atoms with Gasteiger partial charge in [0, 0.05) is 6.54 Å². The molecule has 0 fully saturated rings. The minimum absolute atomic E-state index is 0.0217. The molecule has 0 bridgehead atoms. The van der Waals surface area contributed by atoms with E-state index in [0.29, 0.717) is 18.3 Å². The van der Waals surface area contributed by atoms with Crippen molar-refractivity contribution in [2.75, 3.05) is 10.1 Å². The van der Waals surface area contributed by atoms with Crippen molar-refractivity contribution in [2.24, 2.45) is 5.92 Å². The van der Waals surface area contributed by atoms with Crippen LogP contribution >= 0.6 is 0 Å². The van der Waals surface area contributed by atoms with Crippen molar-refractivity contribution in [3.8, 4) is 0 Å². The molecule has 2 aromatic rings. The Hall–Kier alpha value is -1.96. The quantitative estimate of drug-likeness (QED) is 0.776. The molecule has 1 aromatic carbocycles. The van der Waals surface area contributed by atoms with Crippen LogP contribution in [0, 0.1) is 11.7 Å². The van der Waals surface area contributed by atoms with Gasteiger partial charge in [0.15, 0.2) is 0 Å². The molecule has 0 N–H and O–H groups in total. The van der Waals surface area contributed by atoms with Gasteiger partial charge in [-0.2, -0.15) is 5.10 Å². The highest BCUT2D eigenvalue weighted by molar-refractivity contribution is 7.92. The van der Waals surface area contributed by atoms with Crippen molar-refractivity contribution < 1.29 is 12.8 Å². The maximum absolute atomic E-state index is 14.1. The normalized spacial score (nSPS) is 11.9. The molecule has 0 aliphatic rings. The van der Waals surface area contributed by atoms with E-state index >= 15 is 0 Å². The van der Waals surface area contributed by atoms with Crippen molar-refractivity contribution in [1.29, 1.82) is 0 Å². The molecule has 0 aliphatic heterocycles. The number of hydrogen-bond donors (Lipinski definition) is 0. The maximum atomic E-state index is 14.1. The Morgan fingerprint density at radius 2 is 2.00 bits per heavy atom. The Kier molecular flexibility index (Phi) is 5.35. The van der Waals surface area contributed by atoms with Crippen LogP contribution in [0.3, 0.4) is 0 Å². The summed E-state index contributed by atoms with van der Waals surface area (Å²) in [5.41, 5.74) is 0.0217. The van der Waals surface area contributed by atoms with E-state index in [0.717, 1.165) is 4.31 Å². The number of halogens is 1. The molecule has 0 aliphatic carbocycles. The van der Waals surface area contributed by atoms with Crippen LogP contribution in [-0.2, 0) is 23.1 Å². The fourth-order valence-electron chi connectivity index (χ4n) is 2.18.